The van der Waals surface area contributed by atoms with E-state index in [2.05, 4.69) is 20.7 Å². The first kappa shape index (κ1) is 13.7. The van der Waals surface area contributed by atoms with Crippen molar-refractivity contribution in [3.8, 4) is 0 Å². The lowest BCUT2D eigenvalue weighted by Gasteiger charge is -2.08. The molecule has 0 heterocycles. The Labute approximate surface area is 105 Å². The van der Waals surface area contributed by atoms with Crippen molar-refractivity contribution < 1.29 is 8.42 Å². The third-order valence-electron chi connectivity index (χ3n) is 2.24. The van der Waals surface area contributed by atoms with Crippen LogP contribution in [0.1, 0.15) is 18.4 Å². The van der Waals surface area contributed by atoms with Gasteiger partial charge in [-0.2, -0.15) is 0 Å². The van der Waals surface area contributed by atoms with Gasteiger partial charge >= 0.3 is 0 Å². The normalized spacial score (nSPS) is 11.6. The van der Waals surface area contributed by atoms with Crippen LogP contribution in [0.25, 0.3) is 0 Å². The third kappa shape index (κ3) is 3.88. The second kappa shape index (κ2) is 6.37. The van der Waals surface area contributed by atoms with Gasteiger partial charge in [0.1, 0.15) is 0 Å². The van der Waals surface area contributed by atoms with E-state index in [1.807, 2.05) is 6.07 Å². The summed E-state index contributed by atoms with van der Waals surface area (Å²) < 4.78 is 26.4. The number of halogens is 1. The van der Waals surface area contributed by atoms with E-state index in [0.29, 0.717) is 11.4 Å². The molecule has 0 aliphatic heterocycles. The van der Waals surface area contributed by atoms with Crippen LogP contribution in [0, 0.1) is 6.92 Å². The number of sulfonamides is 1. The molecular weight excluding hydrogens is 290 g/mol. The molecule has 1 aromatic rings. The molecule has 1 N–H and O–H groups in total. The number of hydrogen-bond acceptors (Lipinski definition) is 2. The fourth-order valence-electron chi connectivity index (χ4n) is 1.36. The van der Waals surface area contributed by atoms with Gasteiger partial charge in [-0.1, -0.05) is 34.1 Å². The first-order chi connectivity index (χ1) is 7.58. The third-order valence-corrected chi connectivity index (χ3v) is 4.42. The van der Waals surface area contributed by atoms with Crippen LogP contribution < -0.4 is 4.72 Å². The van der Waals surface area contributed by atoms with Crippen LogP contribution in [0.15, 0.2) is 29.2 Å². The van der Waals surface area contributed by atoms with Crippen LogP contribution in [0.2, 0.25) is 0 Å². The maximum absolute atomic E-state index is 11.9. The predicted molar refractivity (Wildman–Crippen MR) is 69.4 cm³/mol. The Morgan fingerprint density at radius 3 is 2.56 bits per heavy atom. The summed E-state index contributed by atoms with van der Waals surface area (Å²) in [6.07, 6.45) is 1.81. The van der Waals surface area contributed by atoms with E-state index in [-0.39, 0.29) is 0 Å². The minimum Gasteiger partial charge on any atom is -0.211 e. The molecule has 1 rings (SSSR count). The van der Waals surface area contributed by atoms with E-state index in [1.165, 1.54) is 0 Å². The molecule has 0 saturated heterocycles. The highest BCUT2D eigenvalue weighted by Crippen LogP contribution is 2.13. The lowest BCUT2D eigenvalue weighted by molar-refractivity contribution is 0.578. The van der Waals surface area contributed by atoms with E-state index >= 15 is 0 Å². The van der Waals surface area contributed by atoms with Gasteiger partial charge < -0.3 is 0 Å². The Hall–Kier alpha value is -0.390. The molecule has 3 nitrogen and oxygen atoms in total. The number of nitrogens with one attached hydrogen (secondary N) is 1. The van der Waals surface area contributed by atoms with Crippen molar-refractivity contribution in [1.82, 2.24) is 4.72 Å². The summed E-state index contributed by atoms with van der Waals surface area (Å²) in [6.45, 7) is 2.29. The molecule has 0 amide bonds. The van der Waals surface area contributed by atoms with Gasteiger partial charge in [-0.3, -0.25) is 0 Å². The van der Waals surface area contributed by atoms with Crippen LogP contribution in [-0.4, -0.2) is 20.3 Å². The largest absolute Gasteiger partial charge is 0.240 e. The molecule has 90 valence electrons. The number of benzene rings is 1. The SMILES string of the molecule is Cc1ccccc1S(=O)(=O)NCCCCBr. The monoisotopic (exact) mass is 305 g/mol. The van der Waals surface area contributed by atoms with Crippen molar-refractivity contribution in [3.63, 3.8) is 0 Å². The van der Waals surface area contributed by atoms with Gasteiger partial charge in [-0.25, -0.2) is 13.1 Å². The van der Waals surface area contributed by atoms with E-state index in [9.17, 15) is 8.42 Å². The molecule has 0 aliphatic carbocycles. The molecule has 0 spiro atoms. The summed E-state index contributed by atoms with van der Waals surface area (Å²) in [5.41, 5.74) is 0.774. The van der Waals surface area contributed by atoms with Gasteiger partial charge in [0.25, 0.3) is 0 Å². The molecule has 0 saturated carbocycles. The number of unbranched alkanes of at least 4 members (excludes halogenated alkanes) is 1. The number of hydrogen-bond donors (Lipinski definition) is 1. The van der Waals surface area contributed by atoms with E-state index in [1.54, 1.807) is 25.1 Å². The molecule has 0 bridgehead atoms. The van der Waals surface area contributed by atoms with Crippen molar-refractivity contribution in [2.24, 2.45) is 0 Å². The van der Waals surface area contributed by atoms with Crippen LogP contribution in [0.5, 0.6) is 0 Å². The average Bonchev–Trinajstić information content (AvgIpc) is 2.25. The predicted octanol–water partition coefficient (Wildman–Crippen LogP) is 2.45. The molecule has 16 heavy (non-hydrogen) atoms. The molecule has 5 heteroatoms. The van der Waals surface area contributed by atoms with Crippen LogP contribution in [0.3, 0.4) is 0 Å². The van der Waals surface area contributed by atoms with Gasteiger partial charge in [0.05, 0.1) is 4.90 Å². The van der Waals surface area contributed by atoms with E-state index < -0.39 is 10.0 Å². The Morgan fingerprint density at radius 2 is 1.94 bits per heavy atom. The van der Waals surface area contributed by atoms with E-state index in [4.69, 9.17) is 0 Å². The zero-order chi connectivity index (χ0) is 12.0. The Bertz CT molecular complexity index is 431. The average molecular weight is 306 g/mol. The second-order valence-electron chi connectivity index (χ2n) is 3.56. The maximum atomic E-state index is 11.9. The summed E-state index contributed by atoms with van der Waals surface area (Å²) >= 11 is 3.31. The van der Waals surface area contributed by atoms with Gasteiger partial charge in [-0.05, 0) is 31.4 Å². The Kier molecular flexibility index (Phi) is 5.44. The molecule has 0 atom stereocenters. The van der Waals surface area contributed by atoms with Crippen molar-refractivity contribution in [1.29, 1.82) is 0 Å². The van der Waals surface area contributed by atoms with E-state index in [0.717, 1.165) is 23.7 Å². The van der Waals surface area contributed by atoms with Crippen LogP contribution >= 0.6 is 15.9 Å². The zero-order valence-corrected chi connectivity index (χ0v) is 11.6. The topological polar surface area (TPSA) is 46.2 Å². The molecule has 0 fully saturated rings. The van der Waals surface area contributed by atoms with Crippen molar-refractivity contribution in [3.05, 3.63) is 29.8 Å². The summed E-state index contributed by atoms with van der Waals surface area (Å²) in [5, 5.41) is 0.902. The van der Waals surface area contributed by atoms with Crippen molar-refractivity contribution in [2.75, 3.05) is 11.9 Å². The molecule has 0 aromatic heterocycles. The molecule has 1 aromatic carbocycles. The first-order valence-corrected chi connectivity index (χ1v) is 7.79. The molecular formula is C11H16BrNO2S. The Morgan fingerprint density at radius 1 is 1.25 bits per heavy atom. The quantitative estimate of drug-likeness (QED) is 0.648. The zero-order valence-electron chi connectivity index (χ0n) is 9.24. The lowest BCUT2D eigenvalue weighted by Crippen LogP contribution is -2.25. The van der Waals surface area contributed by atoms with Crippen molar-refractivity contribution >= 4 is 26.0 Å². The Balaban J connectivity index is 2.68. The summed E-state index contributed by atoms with van der Waals surface area (Å²) in [4.78, 5) is 0.369. The molecule has 0 aliphatic rings. The minimum atomic E-state index is -3.34. The summed E-state index contributed by atoms with van der Waals surface area (Å²) in [6, 6.07) is 6.99. The van der Waals surface area contributed by atoms with Crippen LogP contribution in [-0.2, 0) is 10.0 Å². The highest BCUT2D eigenvalue weighted by molar-refractivity contribution is 9.09. The highest BCUT2D eigenvalue weighted by Gasteiger charge is 2.14. The first-order valence-electron chi connectivity index (χ1n) is 5.19. The van der Waals surface area contributed by atoms with Crippen molar-refractivity contribution in [2.45, 2.75) is 24.7 Å². The fourth-order valence-corrected chi connectivity index (χ4v) is 3.08. The molecule has 0 radical (unpaired) electrons. The summed E-state index contributed by atoms with van der Waals surface area (Å²) in [5.74, 6) is 0. The lowest BCUT2D eigenvalue weighted by atomic mass is 10.2. The maximum Gasteiger partial charge on any atom is 0.240 e. The van der Waals surface area contributed by atoms with Gasteiger partial charge in [0.2, 0.25) is 10.0 Å². The standard InChI is InChI=1S/C11H16BrNO2S/c1-10-6-2-3-7-11(10)16(14,15)13-9-5-4-8-12/h2-3,6-7,13H,4-5,8-9H2,1H3. The fraction of sp³-hybridized carbons (Fsp3) is 0.455. The minimum absolute atomic E-state index is 0.369. The smallest absolute Gasteiger partial charge is 0.211 e. The van der Waals surface area contributed by atoms with Gasteiger partial charge in [0, 0.05) is 11.9 Å². The summed E-state index contributed by atoms with van der Waals surface area (Å²) in [7, 11) is -3.34. The number of aryl methyl sites for hydroxylation is 1. The molecule has 0 unspecified atom stereocenters. The van der Waals surface area contributed by atoms with Gasteiger partial charge in [0.15, 0.2) is 0 Å². The van der Waals surface area contributed by atoms with Gasteiger partial charge in [-0.15, -0.1) is 0 Å². The number of rotatable bonds is 6. The highest BCUT2D eigenvalue weighted by atomic mass is 79.9. The number of alkyl halides is 1. The van der Waals surface area contributed by atoms with Crippen LogP contribution in [0.4, 0.5) is 0 Å². The second-order valence-corrected chi connectivity index (χ2v) is 6.09.